The molecule has 7 heteroatoms. The number of alkyl halides is 3. The zero-order valence-corrected chi connectivity index (χ0v) is 20.1. The Morgan fingerprint density at radius 3 is 2.62 bits per heavy atom. The van der Waals surface area contributed by atoms with Crippen LogP contribution in [0, 0.1) is 11.8 Å². The van der Waals surface area contributed by atoms with Crippen molar-refractivity contribution in [2.45, 2.75) is 62.1 Å². The SMILES string of the molecule is O=C(O)[C@H]1[C@@H]2Cc3cc(OCc4ccc5c(c4)C(c4ccccc4C(F)(F)F)CC54CCC4)ncc3[C@@H]21. The fourth-order valence-corrected chi connectivity index (χ4v) is 7.34. The summed E-state index contributed by atoms with van der Waals surface area (Å²) in [6, 6.07) is 14.0. The van der Waals surface area contributed by atoms with Crippen molar-refractivity contribution in [2.24, 2.45) is 11.8 Å². The lowest BCUT2D eigenvalue weighted by Gasteiger charge is -2.40. The first-order valence-corrected chi connectivity index (χ1v) is 12.9. The third-order valence-electron chi connectivity index (χ3n) is 9.26. The number of rotatable bonds is 5. The van der Waals surface area contributed by atoms with Crippen LogP contribution in [0.2, 0.25) is 0 Å². The number of carbonyl (C=O) groups is 1. The molecule has 4 aliphatic rings. The quantitative estimate of drug-likeness (QED) is 0.424. The fraction of sp³-hybridized carbons (Fsp3) is 0.400. The molecule has 2 aromatic carbocycles. The molecule has 37 heavy (non-hydrogen) atoms. The van der Waals surface area contributed by atoms with Gasteiger partial charge in [0.2, 0.25) is 5.88 Å². The summed E-state index contributed by atoms with van der Waals surface area (Å²) >= 11 is 0. The van der Waals surface area contributed by atoms with Crippen LogP contribution in [0.25, 0.3) is 0 Å². The largest absolute Gasteiger partial charge is 0.481 e. The number of fused-ring (bicyclic) bond motifs is 5. The number of aromatic nitrogens is 1. The second-order valence-electron chi connectivity index (χ2n) is 11.2. The molecule has 0 aliphatic heterocycles. The molecule has 3 aromatic rings. The maximum absolute atomic E-state index is 13.9. The number of hydrogen-bond donors (Lipinski definition) is 1. The molecule has 2 saturated carbocycles. The first kappa shape index (κ1) is 22.8. The predicted molar refractivity (Wildman–Crippen MR) is 130 cm³/mol. The number of benzene rings is 2. The van der Waals surface area contributed by atoms with E-state index >= 15 is 0 Å². The summed E-state index contributed by atoms with van der Waals surface area (Å²) < 4.78 is 47.6. The maximum Gasteiger partial charge on any atom is 0.416 e. The molecule has 0 saturated heterocycles. The Balaban J connectivity index is 1.15. The van der Waals surface area contributed by atoms with Gasteiger partial charge in [0.25, 0.3) is 0 Å². The van der Waals surface area contributed by atoms with Crippen LogP contribution in [0.3, 0.4) is 0 Å². The van der Waals surface area contributed by atoms with Gasteiger partial charge in [-0.15, -0.1) is 0 Å². The highest BCUT2D eigenvalue weighted by Crippen LogP contribution is 2.62. The van der Waals surface area contributed by atoms with Crippen LogP contribution in [-0.2, 0) is 29.4 Å². The molecule has 1 spiro atoms. The van der Waals surface area contributed by atoms with Crippen molar-refractivity contribution in [3.63, 3.8) is 0 Å². The van der Waals surface area contributed by atoms with Crippen LogP contribution in [0.4, 0.5) is 13.2 Å². The van der Waals surface area contributed by atoms with Crippen molar-refractivity contribution >= 4 is 5.97 Å². The lowest BCUT2D eigenvalue weighted by molar-refractivity contribution is -0.139. The van der Waals surface area contributed by atoms with E-state index in [1.54, 1.807) is 18.3 Å². The van der Waals surface area contributed by atoms with E-state index in [1.807, 2.05) is 18.2 Å². The average Bonchev–Trinajstić information content (AvgIpc) is 3.27. The van der Waals surface area contributed by atoms with Gasteiger partial charge < -0.3 is 9.84 Å². The van der Waals surface area contributed by atoms with E-state index in [2.05, 4.69) is 11.1 Å². The molecule has 7 rings (SSSR count). The van der Waals surface area contributed by atoms with Gasteiger partial charge in [-0.25, -0.2) is 4.98 Å². The molecule has 4 atom stereocenters. The molecule has 0 radical (unpaired) electrons. The number of carboxylic acids is 1. The summed E-state index contributed by atoms with van der Waals surface area (Å²) in [6.45, 7) is 0.268. The summed E-state index contributed by atoms with van der Waals surface area (Å²) in [6.07, 6.45) is 1.94. The third-order valence-corrected chi connectivity index (χ3v) is 9.26. The highest BCUT2D eigenvalue weighted by molar-refractivity contribution is 5.77. The third kappa shape index (κ3) is 3.50. The van der Waals surface area contributed by atoms with Crippen molar-refractivity contribution in [2.75, 3.05) is 0 Å². The van der Waals surface area contributed by atoms with Crippen LogP contribution >= 0.6 is 0 Å². The van der Waals surface area contributed by atoms with Gasteiger partial charge >= 0.3 is 12.1 Å². The zero-order chi connectivity index (χ0) is 25.5. The Labute approximate surface area is 212 Å². The van der Waals surface area contributed by atoms with Gasteiger partial charge in [0.1, 0.15) is 6.61 Å². The van der Waals surface area contributed by atoms with Crippen molar-refractivity contribution in [3.05, 3.63) is 93.7 Å². The van der Waals surface area contributed by atoms with Crippen LogP contribution in [0.15, 0.2) is 54.7 Å². The van der Waals surface area contributed by atoms with Gasteiger partial charge in [0, 0.05) is 24.1 Å². The summed E-state index contributed by atoms with van der Waals surface area (Å²) in [5, 5.41) is 9.31. The Morgan fingerprint density at radius 2 is 1.89 bits per heavy atom. The zero-order valence-electron chi connectivity index (χ0n) is 20.1. The minimum atomic E-state index is -4.39. The Hall–Kier alpha value is -3.35. The number of halogens is 3. The average molecular weight is 506 g/mol. The van der Waals surface area contributed by atoms with E-state index in [-0.39, 0.29) is 35.7 Å². The number of nitrogens with zero attached hydrogens (tertiary/aromatic N) is 1. The Bertz CT molecular complexity index is 1430. The number of hydrogen-bond acceptors (Lipinski definition) is 3. The monoisotopic (exact) mass is 505 g/mol. The topological polar surface area (TPSA) is 59.4 Å². The molecule has 4 nitrogen and oxygen atoms in total. The maximum atomic E-state index is 13.9. The molecule has 1 aromatic heterocycles. The molecule has 190 valence electrons. The molecule has 4 aliphatic carbocycles. The van der Waals surface area contributed by atoms with Crippen LogP contribution in [0.1, 0.15) is 76.5 Å². The highest BCUT2D eigenvalue weighted by Gasteiger charge is 2.60. The van der Waals surface area contributed by atoms with E-state index in [0.29, 0.717) is 17.9 Å². The van der Waals surface area contributed by atoms with Crippen LogP contribution < -0.4 is 4.74 Å². The smallest absolute Gasteiger partial charge is 0.416 e. The van der Waals surface area contributed by atoms with Gasteiger partial charge in [0.15, 0.2) is 0 Å². The number of carboxylic acid groups (broad SMARTS) is 1. The number of ether oxygens (including phenoxy) is 1. The van der Waals surface area contributed by atoms with Crippen LogP contribution in [-0.4, -0.2) is 16.1 Å². The van der Waals surface area contributed by atoms with E-state index < -0.39 is 17.7 Å². The molecular formula is C30H26F3NO3. The van der Waals surface area contributed by atoms with E-state index in [0.717, 1.165) is 47.9 Å². The summed E-state index contributed by atoms with van der Waals surface area (Å²) in [5.41, 5.74) is 4.98. The van der Waals surface area contributed by atoms with Gasteiger partial charge in [-0.1, -0.05) is 42.8 Å². The Kier molecular flexibility index (Phi) is 4.83. The van der Waals surface area contributed by atoms with E-state index in [1.165, 1.54) is 17.7 Å². The lowest BCUT2D eigenvalue weighted by atomic mass is 9.64. The van der Waals surface area contributed by atoms with Crippen molar-refractivity contribution < 1.29 is 27.8 Å². The Morgan fingerprint density at radius 1 is 1.08 bits per heavy atom. The van der Waals surface area contributed by atoms with Gasteiger partial charge in [0.05, 0.1) is 11.5 Å². The van der Waals surface area contributed by atoms with Gasteiger partial charge in [-0.3, -0.25) is 4.79 Å². The van der Waals surface area contributed by atoms with Crippen molar-refractivity contribution in [3.8, 4) is 5.88 Å². The number of aliphatic carboxylic acids is 1. The molecule has 1 heterocycles. The second kappa shape index (κ2) is 7.83. The standard InChI is InChI=1S/C30H26F3NO3/c31-30(32,33)24-5-2-1-4-18(24)21-13-29(8-3-9-29)23-7-6-16(10-19(21)23)15-37-25-12-17-11-20-26(22(17)14-34-25)27(20)28(35)36/h1-2,4-7,10,12,14,20-21,26-27H,3,8-9,11,13,15H2,(H,35,36)/t20-,21?,26-,27+/m1/s1. The summed E-state index contributed by atoms with van der Waals surface area (Å²) in [5.74, 6) is -0.598. The minimum absolute atomic E-state index is 0.0196. The normalized spacial score (nSPS) is 26.2. The molecule has 0 amide bonds. The predicted octanol–water partition coefficient (Wildman–Crippen LogP) is 6.61. The lowest BCUT2D eigenvalue weighted by Crippen LogP contribution is -2.31. The highest BCUT2D eigenvalue weighted by atomic mass is 19.4. The first-order valence-electron chi connectivity index (χ1n) is 12.9. The van der Waals surface area contributed by atoms with Crippen LogP contribution in [0.5, 0.6) is 5.88 Å². The fourth-order valence-electron chi connectivity index (χ4n) is 7.34. The van der Waals surface area contributed by atoms with Gasteiger partial charge in [-0.2, -0.15) is 13.2 Å². The summed E-state index contributed by atoms with van der Waals surface area (Å²) in [7, 11) is 0. The first-order chi connectivity index (χ1) is 17.7. The molecular weight excluding hydrogens is 479 g/mol. The minimum Gasteiger partial charge on any atom is -0.481 e. The molecule has 2 fully saturated rings. The molecule has 0 bridgehead atoms. The molecule has 1 unspecified atom stereocenters. The van der Waals surface area contributed by atoms with Crippen molar-refractivity contribution in [1.29, 1.82) is 0 Å². The van der Waals surface area contributed by atoms with Gasteiger partial charge in [-0.05, 0) is 76.5 Å². The van der Waals surface area contributed by atoms with E-state index in [9.17, 15) is 23.1 Å². The summed E-state index contributed by atoms with van der Waals surface area (Å²) in [4.78, 5) is 15.8. The molecule has 1 N–H and O–H groups in total. The number of pyridine rings is 1. The second-order valence-corrected chi connectivity index (χ2v) is 11.2. The van der Waals surface area contributed by atoms with Crippen molar-refractivity contribution in [1.82, 2.24) is 4.98 Å². The van der Waals surface area contributed by atoms with E-state index in [4.69, 9.17) is 4.74 Å².